The van der Waals surface area contributed by atoms with E-state index in [9.17, 15) is 28.8 Å². The molecular weight excluding hydrogens is 660 g/mol. The molecule has 52 heavy (non-hydrogen) atoms. The Labute approximate surface area is 310 Å². The van der Waals surface area contributed by atoms with Gasteiger partial charge in [-0.2, -0.15) is 0 Å². The first-order valence-electron chi connectivity index (χ1n) is 19.7. The van der Waals surface area contributed by atoms with Gasteiger partial charge in [-0.1, -0.05) is 94.9 Å². The normalized spacial score (nSPS) is 28.0. The summed E-state index contributed by atoms with van der Waals surface area (Å²) in [7, 11) is 0. The van der Waals surface area contributed by atoms with E-state index in [1.165, 1.54) is 0 Å². The largest absolute Gasteiger partial charge is 0.363 e. The molecule has 5 fully saturated rings. The van der Waals surface area contributed by atoms with Gasteiger partial charge in [0.25, 0.3) is 5.91 Å². The number of urea groups is 1. The fraction of sp³-hybridized carbons (Fsp3) is 0.850. The first-order chi connectivity index (χ1) is 23.9. The molecule has 12 heteroatoms. The highest BCUT2D eigenvalue weighted by molar-refractivity contribution is 6.37. The number of Topliss-reactive ketones (excluding diaryl/α,β-unsaturated/α-hetero) is 1. The van der Waals surface area contributed by atoms with Crippen LogP contribution in [0.1, 0.15) is 133 Å². The first kappa shape index (κ1) is 40.0. The highest BCUT2D eigenvalue weighted by Crippen LogP contribution is 2.88. The zero-order valence-corrected chi connectivity index (χ0v) is 33.5. The van der Waals surface area contributed by atoms with E-state index < -0.39 is 47.2 Å². The molecule has 292 valence electrons. The summed E-state index contributed by atoms with van der Waals surface area (Å²) in [6.07, 6.45) is 8.21. The van der Waals surface area contributed by atoms with Crippen LogP contribution < -0.4 is 21.7 Å². The second-order valence-electron chi connectivity index (χ2n) is 20.4. The number of likely N-dealkylation sites (tertiary alicyclic amines) is 2. The van der Waals surface area contributed by atoms with Gasteiger partial charge in [-0.3, -0.25) is 24.0 Å². The Morgan fingerprint density at radius 1 is 0.865 bits per heavy atom. The van der Waals surface area contributed by atoms with Crippen molar-refractivity contribution in [1.29, 1.82) is 0 Å². The number of piperidine rings is 1. The van der Waals surface area contributed by atoms with Gasteiger partial charge in [0, 0.05) is 31.5 Å². The number of nitrogens with zero attached hydrogens (tertiary/aromatic N) is 2. The summed E-state index contributed by atoms with van der Waals surface area (Å²) >= 11 is 0. The van der Waals surface area contributed by atoms with Gasteiger partial charge in [-0.25, -0.2) is 4.79 Å². The Kier molecular flexibility index (Phi) is 10.5. The van der Waals surface area contributed by atoms with Crippen LogP contribution in [-0.2, 0) is 24.0 Å². The van der Waals surface area contributed by atoms with Crippen LogP contribution in [0.2, 0.25) is 0 Å². The minimum Gasteiger partial charge on any atom is -0.363 e. The Bertz CT molecular complexity index is 1470. The lowest BCUT2D eigenvalue weighted by Crippen LogP contribution is -2.62. The molecule has 0 aromatic rings. The van der Waals surface area contributed by atoms with Crippen LogP contribution in [0.25, 0.3) is 0 Å². The molecule has 0 aromatic heterocycles. The fourth-order valence-electron chi connectivity index (χ4n) is 10.1. The molecule has 6 amide bonds. The second kappa shape index (κ2) is 13.6. The maximum Gasteiger partial charge on any atom is 0.315 e. The van der Waals surface area contributed by atoms with E-state index in [0.717, 1.165) is 44.9 Å². The van der Waals surface area contributed by atoms with Crippen molar-refractivity contribution in [3.63, 3.8) is 0 Å². The Morgan fingerprint density at radius 3 is 1.96 bits per heavy atom. The van der Waals surface area contributed by atoms with Crippen molar-refractivity contribution in [2.24, 2.45) is 44.1 Å². The predicted octanol–water partition coefficient (Wildman–Crippen LogP) is 4.29. The number of hydrogen-bond donors (Lipinski definition) is 4. The van der Waals surface area contributed by atoms with E-state index in [2.05, 4.69) is 43.6 Å². The van der Waals surface area contributed by atoms with Gasteiger partial charge in [0.2, 0.25) is 23.5 Å². The van der Waals surface area contributed by atoms with E-state index in [1.807, 2.05) is 46.4 Å². The third kappa shape index (κ3) is 7.20. The monoisotopic (exact) mass is 727 g/mol. The van der Waals surface area contributed by atoms with E-state index in [0.29, 0.717) is 38.9 Å². The number of nitrogens with two attached hydrogens (primary N) is 1. The Balaban J connectivity index is 1.37. The van der Waals surface area contributed by atoms with E-state index in [4.69, 9.17) is 5.73 Å². The number of ketones is 1. The maximum atomic E-state index is 14.9. The molecule has 3 saturated carbocycles. The van der Waals surface area contributed by atoms with Crippen LogP contribution in [0.15, 0.2) is 0 Å². The lowest BCUT2D eigenvalue weighted by atomic mass is 9.73. The van der Waals surface area contributed by atoms with Crippen molar-refractivity contribution in [3.05, 3.63) is 0 Å². The predicted molar refractivity (Wildman–Crippen MR) is 198 cm³/mol. The van der Waals surface area contributed by atoms with Gasteiger partial charge in [0.15, 0.2) is 0 Å². The number of fused-ring (bicyclic) bond motifs is 1. The topological polar surface area (TPSA) is 171 Å². The number of carbonyl (C=O) groups excluding carboxylic acids is 6. The lowest BCUT2D eigenvalue weighted by molar-refractivity contribution is -0.143. The van der Waals surface area contributed by atoms with Crippen LogP contribution >= 0.6 is 0 Å². The first-order valence-corrected chi connectivity index (χ1v) is 19.7. The average Bonchev–Trinajstić information content (AvgIpc) is 3.19. The van der Waals surface area contributed by atoms with Gasteiger partial charge in [-0.15, -0.1) is 0 Å². The summed E-state index contributed by atoms with van der Waals surface area (Å²) in [5.41, 5.74) is 3.92. The van der Waals surface area contributed by atoms with Crippen molar-refractivity contribution in [3.8, 4) is 0 Å². The van der Waals surface area contributed by atoms with Crippen molar-refractivity contribution < 1.29 is 28.8 Å². The summed E-state index contributed by atoms with van der Waals surface area (Å²) in [5, 5.41) is 8.98. The van der Waals surface area contributed by atoms with Crippen LogP contribution in [0, 0.1) is 38.4 Å². The molecular formula is C40H66N6O6. The highest BCUT2D eigenvalue weighted by Gasteiger charge is 2.85. The zero-order valence-electron chi connectivity index (χ0n) is 33.5. The molecule has 3 aliphatic carbocycles. The van der Waals surface area contributed by atoms with Crippen molar-refractivity contribution in [1.82, 2.24) is 25.8 Å². The van der Waals surface area contributed by atoms with E-state index in [-0.39, 0.29) is 50.8 Å². The third-order valence-electron chi connectivity index (χ3n) is 14.3. The number of nitrogens with one attached hydrogen (secondary N) is 3. The smallest absolute Gasteiger partial charge is 0.315 e. The minimum absolute atomic E-state index is 0.0327. The van der Waals surface area contributed by atoms with Crippen LogP contribution in [0.3, 0.4) is 0 Å². The summed E-state index contributed by atoms with van der Waals surface area (Å²) < 4.78 is 0. The number of carbonyl (C=O) groups is 6. The third-order valence-corrected chi connectivity index (χ3v) is 14.3. The Hall–Kier alpha value is -3.18. The molecule has 5 atom stereocenters. The summed E-state index contributed by atoms with van der Waals surface area (Å²) in [4.78, 5) is 84.5. The minimum atomic E-state index is -1.08. The standard InChI is InChI=1S/C40H66N6O6/c1-35(2,3)27(22-45-18-17-37(7,8)21-28(45)47)43-34(52)44-30(36(4,5)6)33(51)46-23-40(38(9,10)39(40)15-12-16-39)20-26(46)32(50)42-25(29(48)31(41)49)19-24-13-11-14-24/h24-27,30H,11-23H2,1-10H3,(H2,41,49)(H,42,50)(H2,43,44,52)/t25?,26-,27+,30+,40+/m0/s1. The molecule has 1 unspecified atom stereocenters. The summed E-state index contributed by atoms with van der Waals surface area (Å²) in [5.74, 6) is -2.41. The molecule has 12 nitrogen and oxygen atoms in total. The molecule has 0 bridgehead atoms. The molecule has 5 N–H and O–H groups in total. The SMILES string of the molecule is CC1(C)CCN(C[C@@H](NC(=O)N[C@H](C(=O)N2C[C@]3(C[C@H]2C(=O)NC(CC2CCC2)C(=O)C(N)=O)C(C)(C)C32CCC2)C(C)(C)C)C(C)(C)C)C(=O)C1. The van der Waals surface area contributed by atoms with Crippen LogP contribution in [0.4, 0.5) is 4.79 Å². The Morgan fingerprint density at radius 2 is 1.50 bits per heavy atom. The second-order valence-corrected chi connectivity index (χ2v) is 20.4. The molecule has 0 aromatic carbocycles. The van der Waals surface area contributed by atoms with Gasteiger partial charge >= 0.3 is 6.03 Å². The van der Waals surface area contributed by atoms with Gasteiger partial charge < -0.3 is 31.5 Å². The molecule has 5 aliphatic rings. The quantitative estimate of drug-likeness (QED) is 0.232. The van der Waals surface area contributed by atoms with Gasteiger partial charge in [0.05, 0.1) is 12.1 Å². The fourth-order valence-corrected chi connectivity index (χ4v) is 10.1. The molecule has 5 rings (SSSR count). The average molecular weight is 727 g/mol. The summed E-state index contributed by atoms with van der Waals surface area (Å²) in [6, 6.07) is -3.79. The lowest BCUT2D eigenvalue weighted by Gasteiger charge is -2.41. The van der Waals surface area contributed by atoms with Gasteiger partial charge in [0.1, 0.15) is 12.1 Å². The highest BCUT2D eigenvalue weighted by atomic mass is 16.2. The molecule has 0 radical (unpaired) electrons. The van der Waals surface area contributed by atoms with Gasteiger partial charge in [-0.05, 0) is 65.1 Å². The van der Waals surface area contributed by atoms with Crippen molar-refractivity contribution >= 4 is 35.4 Å². The summed E-state index contributed by atoms with van der Waals surface area (Å²) in [6.45, 7) is 21.7. The zero-order chi connectivity index (χ0) is 38.8. The maximum absolute atomic E-state index is 14.9. The van der Waals surface area contributed by atoms with Crippen LogP contribution in [0.5, 0.6) is 0 Å². The number of rotatable bonds is 11. The number of amides is 6. The molecule has 2 heterocycles. The van der Waals surface area contributed by atoms with E-state index >= 15 is 0 Å². The molecule has 2 saturated heterocycles. The van der Waals surface area contributed by atoms with E-state index in [1.54, 1.807) is 4.90 Å². The molecule has 2 spiro atoms. The van der Waals surface area contributed by atoms with Crippen LogP contribution in [-0.4, -0.2) is 89.0 Å². The molecule has 2 aliphatic heterocycles. The van der Waals surface area contributed by atoms with Crippen molar-refractivity contribution in [2.75, 3.05) is 19.6 Å². The number of primary amides is 1. The number of hydrogen-bond acceptors (Lipinski definition) is 6. The van der Waals surface area contributed by atoms with Crippen molar-refractivity contribution in [2.45, 2.75) is 158 Å².